The van der Waals surface area contributed by atoms with Gasteiger partial charge in [0.2, 0.25) is 0 Å². The van der Waals surface area contributed by atoms with Crippen LogP contribution in [0.15, 0.2) is 12.1 Å². The highest BCUT2D eigenvalue weighted by Crippen LogP contribution is 2.25. The zero-order valence-corrected chi connectivity index (χ0v) is 13.9. The number of hydrogen-bond donors (Lipinski definition) is 1. The first-order valence-corrected chi connectivity index (χ1v) is 8.10. The third kappa shape index (κ3) is 4.45. The van der Waals surface area contributed by atoms with Crippen LogP contribution in [0.2, 0.25) is 0 Å². The van der Waals surface area contributed by atoms with Gasteiger partial charge < -0.3 is 9.84 Å². The maximum absolute atomic E-state index is 10.3. The van der Waals surface area contributed by atoms with Crippen LogP contribution in [0.3, 0.4) is 0 Å². The number of aliphatic hydroxyl groups is 1. The summed E-state index contributed by atoms with van der Waals surface area (Å²) in [6.07, 6.45) is 3.37. The molecule has 1 N–H and O–H groups in total. The molecule has 0 radical (unpaired) electrons. The first-order valence-electron chi connectivity index (χ1n) is 8.10. The second kappa shape index (κ2) is 7.28. The predicted molar refractivity (Wildman–Crippen MR) is 87.0 cm³/mol. The molecule has 0 unspecified atom stereocenters. The molecule has 1 aromatic rings. The number of aryl methyl sites for hydroxylation is 3. The minimum atomic E-state index is -0.425. The van der Waals surface area contributed by atoms with Crippen molar-refractivity contribution in [3.8, 4) is 5.75 Å². The van der Waals surface area contributed by atoms with Crippen LogP contribution in [0, 0.1) is 20.8 Å². The molecule has 118 valence electrons. The minimum absolute atomic E-state index is 0.369. The van der Waals surface area contributed by atoms with Crippen LogP contribution in [0.5, 0.6) is 5.75 Å². The molecule has 1 saturated heterocycles. The molecule has 0 amide bonds. The average Bonchev–Trinajstić information content (AvgIpc) is 2.40. The fourth-order valence-electron chi connectivity index (χ4n) is 3.33. The van der Waals surface area contributed by atoms with E-state index in [1.165, 1.54) is 24.8 Å². The highest BCUT2D eigenvalue weighted by Gasteiger charge is 2.21. The molecule has 0 aromatic heterocycles. The summed E-state index contributed by atoms with van der Waals surface area (Å²) in [7, 11) is 0. The van der Waals surface area contributed by atoms with E-state index in [2.05, 4.69) is 44.7 Å². The van der Waals surface area contributed by atoms with Crippen LogP contribution >= 0.6 is 0 Å². The largest absolute Gasteiger partial charge is 0.490 e. The van der Waals surface area contributed by atoms with E-state index in [-0.39, 0.29) is 0 Å². The maximum Gasteiger partial charge on any atom is 0.125 e. The highest BCUT2D eigenvalue weighted by molar-refractivity contribution is 5.42. The van der Waals surface area contributed by atoms with Gasteiger partial charge in [0.1, 0.15) is 18.5 Å². The number of rotatable bonds is 5. The van der Waals surface area contributed by atoms with Crippen molar-refractivity contribution in [1.29, 1.82) is 0 Å². The number of β-amino-alcohol motifs (C(OH)–C–C–N with tert-alkyl or cyclic N) is 1. The minimum Gasteiger partial charge on any atom is -0.490 e. The highest BCUT2D eigenvalue weighted by atomic mass is 16.5. The summed E-state index contributed by atoms with van der Waals surface area (Å²) in [4.78, 5) is 2.38. The van der Waals surface area contributed by atoms with Gasteiger partial charge in [-0.05, 0) is 58.2 Å². The first-order chi connectivity index (χ1) is 9.97. The lowest BCUT2D eigenvalue weighted by atomic mass is 10.0. The molecule has 2 rings (SSSR count). The number of ether oxygens (including phenoxy) is 1. The van der Waals surface area contributed by atoms with Gasteiger partial charge in [0, 0.05) is 12.6 Å². The van der Waals surface area contributed by atoms with Crippen LogP contribution in [-0.2, 0) is 0 Å². The lowest BCUT2D eigenvalue weighted by molar-refractivity contribution is 0.0434. The van der Waals surface area contributed by atoms with E-state index < -0.39 is 6.10 Å². The summed E-state index contributed by atoms with van der Waals surface area (Å²) in [5.74, 6) is 0.923. The third-order valence-corrected chi connectivity index (χ3v) is 4.41. The molecular formula is C18H29NO2. The molecule has 0 aliphatic carbocycles. The Morgan fingerprint density at radius 2 is 1.90 bits per heavy atom. The van der Waals surface area contributed by atoms with Gasteiger partial charge in [-0.25, -0.2) is 0 Å². The fourth-order valence-corrected chi connectivity index (χ4v) is 3.33. The SMILES string of the molecule is Cc1cc(C)c(OC[C@@H](O)CN2CCCC[C@@H]2C)c(C)c1. The Hall–Kier alpha value is -1.06. The average molecular weight is 291 g/mol. The third-order valence-electron chi connectivity index (χ3n) is 4.41. The molecule has 3 heteroatoms. The van der Waals surface area contributed by atoms with E-state index in [0.29, 0.717) is 19.2 Å². The van der Waals surface area contributed by atoms with Crippen LogP contribution in [0.25, 0.3) is 0 Å². The van der Waals surface area contributed by atoms with Gasteiger partial charge in [-0.1, -0.05) is 24.1 Å². The van der Waals surface area contributed by atoms with Crippen molar-refractivity contribution in [2.24, 2.45) is 0 Å². The second-order valence-electron chi connectivity index (χ2n) is 6.53. The van der Waals surface area contributed by atoms with Gasteiger partial charge in [-0.3, -0.25) is 4.90 Å². The van der Waals surface area contributed by atoms with Gasteiger partial charge in [-0.2, -0.15) is 0 Å². The number of piperidine rings is 1. The molecule has 1 heterocycles. The van der Waals surface area contributed by atoms with Gasteiger partial charge >= 0.3 is 0 Å². The molecule has 21 heavy (non-hydrogen) atoms. The smallest absolute Gasteiger partial charge is 0.125 e. The molecule has 1 aliphatic rings. The number of aliphatic hydroxyl groups excluding tert-OH is 1. The Bertz CT molecular complexity index is 449. The topological polar surface area (TPSA) is 32.7 Å². The summed E-state index contributed by atoms with van der Waals surface area (Å²) in [5, 5.41) is 10.3. The maximum atomic E-state index is 10.3. The van der Waals surface area contributed by atoms with Crippen molar-refractivity contribution in [2.75, 3.05) is 19.7 Å². The van der Waals surface area contributed by atoms with E-state index >= 15 is 0 Å². The van der Waals surface area contributed by atoms with Gasteiger partial charge in [0.15, 0.2) is 0 Å². The monoisotopic (exact) mass is 291 g/mol. The van der Waals surface area contributed by atoms with Gasteiger partial charge in [0.25, 0.3) is 0 Å². The molecule has 1 aromatic carbocycles. The van der Waals surface area contributed by atoms with Crippen molar-refractivity contribution in [1.82, 2.24) is 4.90 Å². The summed E-state index contributed by atoms with van der Waals surface area (Å²) < 4.78 is 5.88. The van der Waals surface area contributed by atoms with Crippen molar-refractivity contribution < 1.29 is 9.84 Å². The van der Waals surface area contributed by atoms with Crippen LogP contribution in [0.4, 0.5) is 0 Å². The number of likely N-dealkylation sites (tertiary alicyclic amines) is 1. The van der Waals surface area contributed by atoms with Crippen LogP contribution in [-0.4, -0.2) is 41.8 Å². The predicted octanol–water partition coefficient (Wildman–Crippen LogP) is 3.23. The Kier molecular flexibility index (Phi) is 5.65. The number of benzene rings is 1. The van der Waals surface area contributed by atoms with E-state index in [1.807, 2.05) is 0 Å². The Morgan fingerprint density at radius 1 is 1.24 bits per heavy atom. The van der Waals surface area contributed by atoms with E-state index in [0.717, 1.165) is 23.4 Å². The van der Waals surface area contributed by atoms with Crippen LogP contribution in [0.1, 0.15) is 42.9 Å². The van der Waals surface area contributed by atoms with Crippen molar-refractivity contribution in [3.05, 3.63) is 28.8 Å². The lowest BCUT2D eigenvalue weighted by Gasteiger charge is -2.34. The van der Waals surface area contributed by atoms with Gasteiger partial charge in [-0.15, -0.1) is 0 Å². The Labute approximate surface area is 128 Å². The van der Waals surface area contributed by atoms with Crippen molar-refractivity contribution in [2.45, 2.75) is 59.1 Å². The molecule has 0 spiro atoms. The fraction of sp³-hybridized carbons (Fsp3) is 0.667. The summed E-state index contributed by atoms with van der Waals surface area (Å²) in [6.45, 7) is 10.7. The van der Waals surface area contributed by atoms with E-state index in [4.69, 9.17) is 4.74 Å². The van der Waals surface area contributed by atoms with E-state index in [1.54, 1.807) is 0 Å². The standard InChI is InChI=1S/C18H29NO2/c1-13-9-14(2)18(15(3)10-13)21-12-17(20)11-19-8-6-5-7-16(19)4/h9-10,16-17,20H,5-8,11-12H2,1-4H3/t16-,17-/m0/s1. The summed E-state index contributed by atoms with van der Waals surface area (Å²) >= 11 is 0. The number of hydrogen-bond acceptors (Lipinski definition) is 3. The normalized spacial score (nSPS) is 21.3. The molecular weight excluding hydrogens is 262 g/mol. The molecule has 0 bridgehead atoms. The van der Waals surface area contributed by atoms with Gasteiger partial charge in [0.05, 0.1) is 0 Å². The second-order valence-corrected chi connectivity index (χ2v) is 6.53. The summed E-state index contributed by atoms with van der Waals surface area (Å²) in [5.41, 5.74) is 3.54. The van der Waals surface area contributed by atoms with Crippen molar-refractivity contribution in [3.63, 3.8) is 0 Å². The quantitative estimate of drug-likeness (QED) is 0.904. The first kappa shape index (κ1) is 16.3. The van der Waals surface area contributed by atoms with Crippen molar-refractivity contribution >= 4 is 0 Å². The molecule has 3 nitrogen and oxygen atoms in total. The number of nitrogens with zero attached hydrogens (tertiary/aromatic N) is 1. The molecule has 0 saturated carbocycles. The summed E-state index contributed by atoms with van der Waals surface area (Å²) in [6, 6.07) is 4.83. The zero-order valence-electron chi connectivity index (χ0n) is 13.9. The van der Waals surface area contributed by atoms with Crippen LogP contribution < -0.4 is 4.74 Å². The molecule has 2 atom stereocenters. The zero-order chi connectivity index (χ0) is 15.4. The Morgan fingerprint density at radius 3 is 2.52 bits per heavy atom. The van der Waals surface area contributed by atoms with E-state index in [9.17, 15) is 5.11 Å². The lowest BCUT2D eigenvalue weighted by Crippen LogP contribution is -2.43. The Balaban J connectivity index is 1.88. The molecule has 1 aliphatic heterocycles. The molecule has 1 fully saturated rings.